The fourth-order valence-corrected chi connectivity index (χ4v) is 2.33. The van der Waals surface area contributed by atoms with Crippen LogP contribution in [0.2, 0.25) is 0 Å². The number of nitrogens with one attached hydrogen (secondary N) is 2. The van der Waals surface area contributed by atoms with Crippen molar-refractivity contribution in [1.82, 2.24) is 9.97 Å². The predicted molar refractivity (Wildman–Crippen MR) is 113 cm³/mol. The molecular formula is C20H16N6S. The van der Waals surface area contributed by atoms with Crippen LogP contribution in [0, 0.1) is 23.9 Å². The van der Waals surface area contributed by atoms with Crippen LogP contribution in [-0.4, -0.2) is 9.97 Å². The quantitative estimate of drug-likeness (QED) is 0.316. The summed E-state index contributed by atoms with van der Waals surface area (Å²) in [7, 11) is 0. The molecule has 0 amide bonds. The summed E-state index contributed by atoms with van der Waals surface area (Å²) in [6.07, 6.45) is 3.80. The second-order valence-electron chi connectivity index (χ2n) is 5.39. The smallest absolute Gasteiger partial charge is 0.139 e. The summed E-state index contributed by atoms with van der Waals surface area (Å²) < 4.78 is 0. The van der Waals surface area contributed by atoms with Gasteiger partial charge in [0.1, 0.15) is 23.3 Å². The average Bonchev–Trinajstić information content (AvgIpc) is 3.04. The number of anilines is 4. The van der Waals surface area contributed by atoms with Gasteiger partial charge in [-0.25, -0.2) is 9.97 Å². The van der Waals surface area contributed by atoms with Crippen molar-refractivity contribution < 1.29 is 0 Å². The predicted octanol–water partition coefficient (Wildman–Crippen LogP) is 2.77. The monoisotopic (exact) mass is 372 g/mol. The normalized spacial score (nSPS) is 12.0. The highest BCUT2D eigenvalue weighted by Gasteiger charge is 2.09. The van der Waals surface area contributed by atoms with E-state index in [2.05, 4.69) is 57.2 Å². The molecule has 7 heteroatoms. The van der Waals surface area contributed by atoms with Crippen LogP contribution in [0.1, 0.15) is 0 Å². The first-order valence-corrected chi connectivity index (χ1v) is 8.43. The van der Waals surface area contributed by atoms with E-state index in [0.717, 1.165) is 16.7 Å². The molecule has 1 aliphatic rings. The van der Waals surface area contributed by atoms with Gasteiger partial charge in [0.05, 0.1) is 0 Å². The second kappa shape index (κ2) is 8.52. The zero-order valence-electron chi connectivity index (χ0n) is 14.2. The minimum Gasteiger partial charge on any atom is -0.384 e. The number of nitrogens with two attached hydrogens (primary N) is 2. The molecule has 2 aromatic heterocycles. The van der Waals surface area contributed by atoms with E-state index in [-0.39, 0.29) is 0 Å². The summed E-state index contributed by atoms with van der Waals surface area (Å²) in [6, 6.07) is 16.3. The summed E-state index contributed by atoms with van der Waals surface area (Å²) in [6.45, 7) is 0. The number of thiol groups is 1. The molecule has 0 radical (unpaired) electrons. The van der Waals surface area contributed by atoms with Crippen LogP contribution >= 0.6 is 12.6 Å². The molecule has 6 N–H and O–H groups in total. The minimum absolute atomic E-state index is 0.426. The largest absolute Gasteiger partial charge is 0.384 e. The topological polar surface area (TPSA) is 102 Å². The summed E-state index contributed by atoms with van der Waals surface area (Å²) in [4.78, 5) is 8.26. The summed E-state index contributed by atoms with van der Waals surface area (Å²) in [5.74, 6) is 8.08. The van der Waals surface area contributed by atoms with Gasteiger partial charge in [0, 0.05) is 23.2 Å². The standard InChI is InChI=1S/C20H16N6S/c21-17-3-1-5-19(25-17)23-9-7-15-11-14(13-27)12-16(15)8-10-24-20-6-2-4-18(22)26-20/h1-6,11-13,27H,(H3,21,23,25)(H3,22,24,26). The van der Waals surface area contributed by atoms with Crippen molar-refractivity contribution in [2.75, 3.05) is 22.1 Å². The Labute approximate surface area is 162 Å². The number of nitrogen functional groups attached to an aromatic ring is 2. The molecule has 2 aromatic rings. The molecule has 0 aliphatic heterocycles. The highest BCUT2D eigenvalue weighted by molar-refractivity contribution is 7.83. The molecule has 0 bridgehead atoms. The Morgan fingerprint density at radius 2 is 1.30 bits per heavy atom. The van der Waals surface area contributed by atoms with Crippen molar-refractivity contribution in [2.24, 2.45) is 0 Å². The molecule has 0 aromatic carbocycles. The molecule has 0 atom stereocenters. The van der Waals surface area contributed by atoms with Gasteiger partial charge in [0.25, 0.3) is 0 Å². The zero-order chi connectivity index (χ0) is 19.1. The van der Waals surface area contributed by atoms with Gasteiger partial charge in [-0.05, 0) is 59.2 Å². The van der Waals surface area contributed by atoms with Gasteiger partial charge in [-0.2, -0.15) is 12.6 Å². The fourth-order valence-electron chi connectivity index (χ4n) is 2.18. The minimum atomic E-state index is 0.426. The number of rotatable bonds is 2. The molecule has 27 heavy (non-hydrogen) atoms. The molecule has 6 nitrogen and oxygen atoms in total. The van der Waals surface area contributed by atoms with Gasteiger partial charge in [-0.15, -0.1) is 0 Å². The molecule has 1 aliphatic carbocycles. The van der Waals surface area contributed by atoms with Gasteiger partial charge in [-0.3, -0.25) is 10.6 Å². The molecular weight excluding hydrogens is 356 g/mol. The van der Waals surface area contributed by atoms with Crippen LogP contribution in [0.15, 0.2) is 70.7 Å². The lowest BCUT2D eigenvalue weighted by Crippen LogP contribution is -1.96. The number of hydrogen-bond acceptors (Lipinski definition) is 7. The van der Waals surface area contributed by atoms with Crippen molar-refractivity contribution in [3.63, 3.8) is 0 Å². The van der Waals surface area contributed by atoms with Gasteiger partial charge < -0.3 is 11.5 Å². The molecule has 3 rings (SSSR count). The fraction of sp³-hybridized carbons (Fsp3) is 0. The third kappa shape index (κ3) is 5.08. The lowest BCUT2D eigenvalue weighted by atomic mass is 10.1. The van der Waals surface area contributed by atoms with E-state index < -0.39 is 0 Å². The lowest BCUT2D eigenvalue weighted by molar-refractivity contribution is 1.33. The van der Waals surface area contributed by atoms with E-state index in [9.17, 15) is 0 Å². The SMILES string of the molecule is Nc1cccc(NC#CC2=CC(=CS)C=C2C#CNc2cccc(N)n2)n1. The van der Waals surface area contributed by atoms with Crippen LogP contribution in [0.4, 0.5) is 23.3 Å². The number of nitrogens with zero attached hydrogens (tertiary/aromatic N) is 2. The highest BCUT2D eigenvalue weighted by atomic mass is 32.1. The molecule has 2 heterocycles. The maximum absolute atomic E-state index is 5.65. The van der Waals surface area contributed by atoms with Crippen molar-refractivity contribution in [2.45, 2.75) is 0 Å². The van der Waals surface area contributed by atoms with Gasteiger partial charge >= 0.3 is 0 Å². The maximum atomic E-state index is 5.65. The summed E-state index contributed by atoms with van der Waals surface area (Å²) >= 11 is 4.19. The van der Waals surface area contributed by atoms with Gasteiger partial charge in [0.2, 0.25) is 0 Å². The first-order valence-electron chi connectivity index (χ1n) is 7.91. The third-order valence-corrected chi connectivity index (χ3v) is 3.68. The lowest BCUT2D eigenvalue weighted by Gasteiger charge is -1.98. The van der Waals surface area contributed by atoms with Crippen LogP contribution in [0.3, 0.4) is 0 Å². The van der Waals surface area contributed by atoms with Crippen LogP contribution in [0.5, 0.6) is 0 Å². The van der Waals surface area contributed by atoms with Crippen LogP contribution in [-0.2, 0) is 0 Å². The van der Waals surface area contributed by atoms with Crippen molar-refractivity contribution in [1.29, 1.82) is 0 Å². The Morgan fingerprint density at radius 1 is 0.815 bits per heavy atom. The van der Waals surface area contributed by atoms with E-state index in [1.165, 1.54) is 0 Å². The first-order chi connectivity index (χ1) is 13.1. The van der Waals surface area contributed by atoms with Crippen molar-refractivity contribution in [3.05, 3.63) is 70.7 Å². The Morgan fingerprint density at radius 3 is 1.70 bits per heavy atom. The zero-order valence-corrected chi connectivity index (χ0v) is 15.1. The number of allylic oxidation sites excluding steroid dienone is 5. The molecule has 0 spiro atoms. The summed E-state index contributed by atoms with van der Waals surface area (Å²) in [5.41, 5.74) is 13.7. The molecule has 0 unspecified atom stereocenters. The molecule has 132 valence electrons. The number of pyridine rings is 2. The van der Waals surface area contributed by atoms with E-state index in [1.54, 1.807) is 41.8 Å². The Balaban J connectivity index is 1.72. The van der Waals surface area contributed by atoms with Crippen molar-refractivity contribution in [3.8, 4) is 23.9 Å². The van der Waals surface area contributed by atoms with E-state index in [0.29, 0.717) is 23.3 Å². The number of hydrogen-bond donors (Lipinski definition) is 5. The third-order valence-electron chi connectivity index (χ3n) is 3.38. The highest BCUT2D eigenvalue weighted by Crippen LogP contribution is 2.22. The Bertz CT molecular complexity index is 993. The number of aromatic nitrogens is 2. The maximum Gasteiger partial charge on any atom is 0.139 e. The Kier molecular flexibility index (Phi) is 5.68. The Hall–Kier alpha value is -3.81. The van der Waals surface area contributed by atoms with Crippen molar-refractivity contribution >= 4 is 35.9 Å². The van der Waals surface area contributed by atoms with Gasteiger partial charge in [-0.1, -0.05) is 12.1 Å². The van der Waals surface area contributed by atoms with E-state index in [4.69, 9.17) is 11.5 Å². The molecule has 0 saturated heterocycles. The van der Waals surface area contributed by atoms with Crippen LogP contribution < -0.4 is 22.1 Å². The molecule has 0 fully saturated rings. The summed E-state index contributed by atoms with van der Waals surface area (Å²) in [5, 5.41) is 7.51. The first kappa shape index (κ1) is 18.0. The molecule has 0 saturated carbocycles. The van der Waals surface area contributed by atoms with E-state index in [1.807, 2.05) is 12.2 Å². The van der Waals surface area contributed by atoms with Crippen LogP contribution in [0.25, 0.3) is 0 Å². The average molecular weight is 372 g/mol. The van der Waals surface area contributed by atoms with E-state index >= 15 is 0 Å². The van der Waals surface area contributed by atoms with Gasteiger partial charge in [0.15, 0.2) is 0 Å². The second-order valence-corrected chi connectivity index (χ2v) is 5.65.